The van der Waals surface area contributed by atoms with E-state index in [1.807, 2.05) is 0 Å². The van der Waals surface area contributed by atoms with Crippen molar-refractivity contribution in [1.82, 2.24) is 0 Å². The molecule has 0 aromatic carbocycles. The van der Waals surface area contributed by atoms with E-state index in [9.17, 15) is 14.4 Å². The van der Waals surface area contributed by atoms with Gasteiger partial charge in [-0.15, -0.1) is 0 Å². The van der Waals surface area contributed by atoms with Gasteiger partial charge in [0.1, 0.15) is 13.2 Å². The fourth-order valence-corrected chi connectivity index (χ4v) is 7.69. The van der Waals surface area contributed by atoms with Crippen molar-refractivity contribution in [2.24, 2.45) is 5.92 Å². The molecule has 0 unspecified atom stereocenters. The molecule has 0 N–H and O–H groups in total. The lowest BCUT2D eigenvalue weighted by atomic mass is 10.0. The van der Waals surface area contributed by atoms with Gasteiger partial charge in [-0.05, 0) is 25.2 Å². The zero-order valence-corrected chi connectivity index (χ0v) is 38.8. The third-order valence-corrected chi connectivity index (χ3v) is 11.5. The van der Waals surface area contributed by atoms with Crippen LogP contribution in [0.2, 0.25) is 0 Å². The lowest BCUT2D eigenvalue weighted by molar-refractivity contribution is -0.167. The van der Waals surface area contributed by atoms with Gasteiger partial charge in [0.25, 0.3) is 0 Å². The zero-order chi connectivity index (χ0) is 41.7. The highest BCUT2D eigenvalue weighted by Crippen LogP contribution is 2.17. The Morgan fingerprint density at radius 2 is 0.579 bits per heavy atom. The fraction of sp³-hybridized carbons (Fsp3) is 0.941. The summed E-state index contributed by atoms with van der Waals surface area (Å²) in [5.41, 5.74) is 0. The Kier molecular flexibility index (Phi) is 44.2. The van der Waals surface area contributed by atoms with Crippen LogP contribution < -0.4 is 0 Å². The minimum atomic E-state index is -0.758. The molecule has 0 aromatic rings. The Morgan fingerprint density at radius 1 is 0.333 bits per heavy atom. The average Bonchev–Trinajstić information content (AvgIpc) is 3.19. The molecule has 0 aliphatic rings. The predicted molar refractivity (Wildman–Crippen MR) is 243 cm³/mol. The van der Waals surface area contributed by atoms with Crippen LogP contribution in [0.15, 0.2) is 0 Å². The van der Waals surface area contributed by atoms with Crippen molar-refractivity contribution in [3.05, 3.63) is 0 Å². The molecule has 0 rings (SSSR count). The van der Waals surface area contributed by atoms with Crippen molar-refractivity contribution >= 4 is 17.9 Å². The van der Waals surface area contributed by atoms with E-state index >= 15 is 0 Å². The summed E-state index contributed by atoms with van der Waals surface area (Å²) in [5.74, 6) is -0.00716. The first-order chi connectivity index (χ1) is 27.9. The third-order valence-electron chi connectivity index (χ3n) is 11.5. The van der Waals surface area contributed by atoms with E-state index in [1.165, 1.54) is 173 Å². The van der Waals surface area contributed by atoms with Crippen LogP contribution in [-0.4, -0.2) is 37.2 Å². The maximum absolute atomic E-state index is 12.7. The van der Waals surface area contributed by atoms with Crippen molar-refractivity contribution in [2.75, 3.05) is 13.2 Å². The molecule has 0 aliphatic carbocycles. The van der Waals surface area contributed by atoms with Gasteiger partial charge in [0.15, 0.2) is 6.10 Å². The third kappa shape index (κ3) is 45.3. The second kappa shape index (κ2) is 45.5. The molecule has 6 heteroatoms. The van der Waals surface area contributed by atoms with E-state index in [2.05, 4.69) is 27.7 Å². The summed E-state index contributed by atoms with van der Waals surface area (Å²) in [6.07, 6.45) is 46.9. The highest BCUT2D eigenvalue weighted by Gasteiger charge is 2.19. The van der Waals surface area contributed by atoms with Gasteiger partial charge in [0.2, 0.25) is 0 Å². The van der Waals surface area contributed by atoms with Gasteiger partial charge in [-0.25, -0.2) is 0 Å². The smallest absolute Gasteiger partial charge is 0.306 e. The highest BCUT2D eigenvalue weighted by molar-refractivity contribution is 5.71. The molecule has 338 valence electrons. The molecule has 0 amide bonds. The standard InChI is InChI=1S/C51H98O6/c1-5-7-9-11-12-13-14-15-18-23-26-29-32-36-40-44-51(54)57-48(45-55-49(52)42-38-33-10-8-6-2)46-56-50(53)43-39-35-31-28-25-22-20-17-16-19-21-24-27-30-34-37-41-47(3)4/h47-48H,5-46H2,1-4H3/t48-/m1/s1. The van der Waals surface area contributed by atoms with Crippen LogP contribution in [0.1, 0.15) is 285 Å². The van der Waals surface area contributed by atoms with E-state index in [-0.39, 0.29) is 31.1 Å². The summed E-state index contributed by atoms with van der Waals surface area (Å²) >= 11 is 0. The molecule has 1 atom stereocenters. The van der Waals surface area contributed by atoms with E-state index in [4.69, 9.17) is 14.2 Å². The monoisotopic (exact) mass is 807 g/mol. The summed E-state index contributed by atoms with van der Waals surface area (Å²) in [7, 11) is 0. The molecule has 0 fully saturated rings. The van der Waals surface area contributed by atoms with Gasteiger partial charge >= 0.3 is 17.9 Å². The Balaban J connectivity index is 4.09. The van der Waals surface area contributed by atoms with Crippen LogP contribution in [0.3, 0.4) is 0 Å². The van der Waals surface area contributed by atoms with E-state index in [0.29, 0.717) is 19.3 Å². The van der Waals surface area contributed by atoms with Crippen LogP contribution in [0.4, 0.5) is 0 Å². The lowest BCUT2D eigenvalue weighted by Gasteiger charge is -2.18. The minimum Gasteiger partial charge on any atom is -0.462 e. The Bertz CT molecular complexity index is 857. The molecular formula is C51H98O6. The molecule has 0 saturated heterocycles. The highest BCUT2D eigenvalue weighted by atomic mass is 16.6. The molecule has 0 spiro atoms. The van der Waals surface area contributed by atoms with Crippen molar-refractivity contribution in [2.45, 2.75) is 291 Å². The van der Waals surface area contributed by atoms with Gasteiger partial charge in [-0.3, -0.25) is 14.4 Å². The number of unbranched alkanes of at least 4 members (excludes halogenated alkanes) is 33. The number of carbonyl (C=O) groups excluding carboxylic acids is 3. The van der Waals surface area contributed by atoms with Crippen molar-refractivity contribution in [3.8, 4) is 0 Å². The number of hydrogen-bond donors (Lipinski definition) is 0. The first-order valence-electron chi connectivity index (χ1n) is 25.4. The summed E-state index contributed by atoms with van der Waals surface area (Å²) < 4.78 is 16.7. The van der Waals surface area contributed by atoms with Crippen LogP contribution in [0.25, 0.3) is 0 Å². The Morgan fingerprint density at radius 3 is 0.860 bits per heavy atom. The van der Waals surface area contributed by atoms with Crippen LogP contribution >= 0.6 is 0 Å². The van der Waals surface area contributed by atoms with Gasteiger partial charge in [0.05, 0.1) is 0 Å². The molecule has 0 heterocycles. The topological polar surface area (TPSA) is 78.9 Å². The summed E-state index contributed by atoms with van der Waals surface area (Å²) in [6.45, 7) is 8.96. The molecule has 0 saturated carbocycles. The number of hydrogen-bond acceptors (Lipinski definition) is 6. The molecule has 0 radical (unpaired) electrons. The second-order valence-electron chi connectivity index (χ2n) is 17.9. The largest absolute Gasteiger partial charge is 0.462 e. The maximum Gasteiger partial charge on any atom is 0.306 e. The van der Waals surface area contributed by atoms with Crippen LogP contribution in [0.5, 0.6) is 0 Å². The fourth-order valence-electron chi connectivity index (χ4n) is 7.69. The molecule has 57 heavy (non-hydrogen) atoms. The van der Waals surface area contributed by atoms with Gasteiger partial charge in [0, 0.05) is 19.3 Å². The molecule has 0 bridgehead atoms. The van der Waals surface area contributed by atoms with E-state index in [1.54, 1.807) is 0 Å². The predicted octanol–water partition coefficient (Wildman–Crippen LogP) is 16.3. The molecule has 6 nitrogen and oxygen atoms in total. The minimum absolute atomic E-state index is 0.0638. The first-order valence-corrected chi connectivity index (χ1v) is 25.4. The summed E-state index contributed by atoms with van der Waals surface area (Å²) in [5, 5.41) is 0. The molecule has 0 aliphatic heterocycles. The Hall–Kier alpha value is -1.59. The molecule has 0 aromatic heterocycles. The van der Waals surface area contributed by atoms with Gasteiger partial charge in [-0.2, -0.15) is 0 Å². The average molecular weight is 807 g/mol. The normalized spacial score (nSPS) is 11.9. The van der Waals surface area contributed by atoms with E-state index < -0.39 is 6.10 Å². The number of ether oxygens (including phenoxy) is 3. The lowest BCUT2D eigenvalue weighted by Crippen LogP contribution is -2.30. The zero-order valence-electron chi connectivity index (χ0n) is 38.8. The van der Waals surface area contributed by atoms with Gasteiger partial charge in [-0.1, -0.05) is 246 Å². The van der Waals surface area contributed by atoms with E-state index in [0.717, 1.165) is 70.1 Å². The number of esters is 3. The quantitative estimate of drug-likeness (QED) is 0.0346. The number of rotatable bonds is 46. The number of carbonyl (C=O) groups is 3. The van der Waals surface area contributed by atoms with Crippen molar-refractivity contribution < 1.29 is 28.6 Å². The summed E-state index contributed by atoms with van der Waals surface area (Å²) in [4.78, 5) is 37.6. The first kappa shape index (κ1) is 55.4. The van der Waals surface area contributed by atoms with Crippen LogP contribution in [-0.2, 0) is 28.6 Å². The van der Waals surface area contributed by atoms with Gasteiger partial charge < -0.3 is 14.2 Å². The second-order valence-corrected chi connectivity index (χ2v) is 17.9. The van der Waals surface area contributed by atoms with Crippen molar-refractivity contribution in [1.29, 1.82) is 0 Å². The molecular weight excluding hydrogens is 709 g/mol. The SMILES string of the molecule is CCCCCCCCCCCCCCCCCC(=O)O[C@H](COC(=O)CCCCCCC)COC(=O)CCCCCCCCCCCCCCCCCCC(C)C. The van der Waals surface area contributed by atoms with Crippen LogP contribution in [0, 0.1) is 5.92 Å². The van der Waals surface area contributed by atoms with Crippen molar-refractivity contribution in [3.63, 3.8) is 0 Å². The maximum atomic E-state index is 12.7. The Labute approximate surface area is 355 Å². The summed E-state index contributed by atoms with van der Waals surface area (Å²) in [6, 6.07) is 0.